The summed E-state index contributed by atoms with van der Waals surface area (Å²) in [5, 5.41) is 0. The molecular formula is C17H24O6. The first-order valence-corrected chi connectivity index (χ1v) is 7.73. The van der Waals surface area contributed by atoms with Gasteiger partial charge in [-0.2, -0.15) is 0 Å². The van der Waals surface area contributed by atoms with Gasteiger partial charge in [0.25, 0.3) is 0 Å². The lowest BCUT2D eigenvalue weighted by Crippen LogP contribution is -2.14. The van der Waals surface area contributed by atoms with Gasteiger partial charge in [0.05, 0.1) is 32.7 Å². The van der Waals surface area contributed by atoms with Gasteiger partial charge in [0.1, 0.15) is 13.2 Å². The average Bonchev–Trinajstić information content (AvgIpc) is 2.58. The van der Waals surface area contributed by atoms with E-state index in [4.69, 9.17) is 18.9 Å². The largest absolute Gasteiger partial charge is 0.463 e. The Bertz CT molecular complexity index is 446. The summed E-state index contributed by atoms with van der Waals surface area (Å²) in [5.74, 6) is -0.853. The highest BCUT2D eigenvalue weighted by Crippen LogP contribution is 2.03. The van der Waals surface area contributed by atoms with Crippen LogP contribution in [0, 0.1) is 0 Å². The number of benzene rings is 1. The highest BCUT2D eigenvalue weighted by Gasteiger charge is 2.09. The molecule has 6 nitrogen and oxygen atoms in total. The molecule has 0 bridgehead atoms. The first-order valence-electron chi connectivity index (χ1n) is 7.73. The van der Waals surface area contributed by atoms with Crippen LogP contribution in [-0.2, 0) is 35.1 Å². The predicted molar refractivity (Wildman–Crippen MR) is 83.7 cm³/mol. The number of ether oxygens (including phenoxy) is 4. The minimum atomic E-state index is -0.435. The van der Waals surface area contributed by atoms with Crippen molar-refractivity contribution in [2.24, 2.45) is 0 Å². The maximum absolute atomic E-state index is 11.5. The standard InChI is InChI=1S/C17H24O6/c1-2-20-10-11-21-12-13-22-16(18)8-9-17(19)23-14-15-6-4-3-5-7-15/h3-7H,2,8-14H2,1H3. The Labute approximate surface area is 136 Å². The minimum absolute atomic E-state index is 0.00652. The van der Waals surface area contributed by atoms with Gasteiger partial charge in [-0.15, -0.1) is 0 Å². The van der Waals surface area contributed by atoms with E-state index < -0.39 is 11.9 Å². The third kappa shape index (κ3) is 10.4. The number of carbonyl (C=O) groups excluding carboxylic acids is 2. The molecule has 0 fully saturated rings. The average molecular weight is 324 g/mol. The Hall–Kier alpha value is -1.92. The van der Waals surface area contributed by atoms with Gasteiger partial charge in [0, 0.05) is 6.61 Å². The summed E-state index contributed by atoms with van der Waals surface area (Å²) in [5.41, 5.74) is 0.910. The second-order valence-electron chi connectivity index (χ2n) is 4.68. The molecule has 0 aliphatic rings. The number of hydrogen-bond donors (Lipinski definition) is 0. The maximum Gasteiger partial charge on any atom is 0.306 e. The molecular weight excluding hydrogens is 300 g/mol. The zero-order valence-corrected chi connectivity index (χ0v) is 13.5. The minimum Gasteiger partial charge on any atom is -0.463 e. The van der Waals surface area contributed by atoms with Gasteiger partial charge in [0.2, 0.25) is 0 Å². The van der Waals surface area contributed by atoms with Gasteiger partial charge in [-0.05, 0) is 12.5 Å². The molecule has 1 rings (SSSR count). The Kier molecular flexibility index (Phi) is 10.5. The number of esters is 2. The van der Waals surface area contributed by atoms with E-state index in [-0.39, 0.29) is 26.1 Å². The van der Waals surface area contributed by atoms with Crippen molar-refractivity contribution in [1.29, 1.82) is 0 Å². The Morgan fingerprint density at radius 3 is 2.13 bits per heavy atom. The fourth-order valence-electron chi connectivity index (χ4n) is 1.67. The Morgan fingerprint density at radius 2 is 1.43 bits per heavy atom. The second kappa shape index (κ2) is 12.6. The smallest absolute Gasteiger partial charge is 0.306 e. The molecule has 0 heterocycles. The molecule has 0 saturated heterocycles. The molecule has 128 valence electrons. The monoisotopic (exact) mass is 324 g/mol. The van der Waals surface area contributed by atoms with Crippen molar-refractivity contribution in [3.63, 3.8) is 0 Å². The van der Waals surface area contributed by atoms with Crippen molar-refractivity contribution in [1.82, 2.24) is 0 Å². The van der Waals surface area contributed by atoms with E-state index in [9.17, 15) is 9.59 Å². The molecule has 1 aromatic rings. The van der Waals surface area contributed by atoms with E-state index >= 15 is 0 Å². The Morgan fingerprint density at radius 1 is 0.826 bits per heavy atom. The lowest BCUT2D eigenvalue weighted by molar-refractivity contribution is -0.151. The van der Waals surface area contributed by atoms with Crippen LogP contribution in [0.25, 0.3) is 0 Å². The van der Waals surface area contributed by atoms with Crippen molar-refractivity contribution in [3.8, 4) is 0 Å². The number of rotatable bonds is 12. The molecule has 6 heteroatoms. The molecule has 0 unspecified atom stereocenters. The molecule has 0 amide bonds. The van der Waals surface area contributed by atoms with Crippen LogP contribution in [0.15, 0.2) is 30.3 Å². The topological polar surface area (TPSA) is 71.1 Å². The second-order valence-corrected chi connectivity index (χ2v) is 4.68. The quantitative estimate of drug-likeness (QED) is 0.433. The zero-order valence-electron chi connectivity index (χ0n) is 13.5. The third-order valence-electron chi connectivity index (χ3n) is 2.84. The van der Waals surface area contributed by atoms with Gasteiger partial charge in [-0.25, -0.2) is 0 Å². The normalized spacial score (nSPS) is 10.3. The van der Waals surface area contributed by atoms with Crippen LogP contribution >= 0.6 is 0 Å². The zero-order chi connectivity index (χ0) is 16.8. The fraction of sp³-hybridized carbons (Fsp3) is 0.529. The molecule has 0 aliphatic heterocycles. The van der Waals surface area contributed by atoms with Crippen LogP contribution in [0.4, 0.5) is 0 Å². The first-order chi connectivity index (χ1) is 11.2. The van der Waals surface area contributed by atoms with E-state index in [1.54, 1.807) is 0 Å². The molecule has 0 N–H and O–H groups in total. The van der Waals surface area contributed by atoms with Gasteiger partial charge in [-0.3, -0.25) is 9.59 Å². The molecule has 0 saturated carbocycles. The molecule has 0 spiro atoms. The van der Waals surface area contributed by atoms with E-state index in [1.165, 1.54) is 0 Å². The number of hydrogen-bond acceptors (Lipinski definition) is 6. The maximum atomic E-state index is 11.5. The van der Waals surface area contributed by atoms with Gasteiger partial charge in [-0.1, -0.05) is 30.3 Å². The van der Waals surface area contributed by atoms with Crippen LogP contribution in [0.5, 0.6) is 0 Å². The first kappa shape index (κ1) is 19.1. The van der Waals surface area contributed by atoms with Gasteiger partial charge in [0.15, 0.2) is 0 Å². The molecule has 0 aliphatic carbocycles. The molecule has 23 heavy (non-hydrogen) atoms. The van der Waals surface area contributed by atoms with Crippen molar-refractivity contribution >= 4 is 11.9 Å². The molecule has 0 radical (unpaired) electrons. The summed E-state index contributed by atoms with van der Waals surface area (Å²) in [6.07, 6.45) is 0.0173. The van der Waals surface area contributed by atoms with E-state index in [0.717, 1.165) is 5.56 Å². The van der Waals surface area contributed by atoms with Crippen LogP contribution < -0.4 is 0 Å². The van der Waals surface area contributed by atoms with Crippen LogP contribution in [0.3, 0.4) is 0 Å². The van der Waals surface area contributed by atoms with Crippen LogP contribution in [-0.4, -0.2) is 45.0 Å². The molecule has 0 aromatic heterocycles. The summed E-state index contributed by atoms with van der Waals surface area (Å²) < 4.78 is 20.3. The summed E-state index contributed by atoms with van der Waals surface area (Å²) in [4.78, 5) is 23.0. The summed E-state index contributed by atoms with van der Waals surface area (Å²) >= 11 is 0. The highest BCUT2D eigenvalue weighted by molar-refractivity contribution is 5.77. The lowest BCUT2D eigenvalue weighted by atomic mass is 10.2. The van der Waals surface area contributed by atoms with Crippen molar-refractivity contribution in [2.75, 3.05) is 33.0 Å². The van der Waals surface area contributed by atoms with E-state index in [2.05, 4.69) is 0 Å². The lowest BCUT2D eigenvalue weighted by Gasteiger charge is -2.07. The SMILES string of the molecule is CCOCCOCCOC(=O)CCC(=O)OCc1ccccc1. The predicted octanol–water partition coefficient (Wildman–Crippen LogP) is 2.11. The van der Waals surface area contributed by atoms with Crippen molar-refractivity contribution < 1.29 is 28.5 Å². The number of carbonyl (C=O) groups is 2. The van der Waals surface area contributed by atoms with E-state index in [0.29, 0.717) is 26.4 Å². The Balaban J connectivity index is 1.99. The van der Waals surface area contributed by atoms with Crippen molar-refractivity contribution in [3.05, 3.63) is 35.9 Å². The van der Waals surface area contributed by atoms with E-state index in [1.807, 2.05) is 37.3 Å². The van der Waals surface area contributed by atoms with Crippen LogP contribution in [0.1, 0.15) is 25.3 Å². The van der Waals surface area contributed by atoms with Crippen LogP contribution in [0.2, 0.25) is 0 Å². The third-order valence-corrected chi connectivity index (χ3v) is 2.84. The van der Waals surface area contributed by atoms with Crippen molar-refractivity contribution in [2.45, 2.75) is 26.4 Å². The fourth-order valence-corrected chi connectivity index (χ4v) is 1.67. The summed E-state index contributed by atoms with van der Waals surface area (Å²) in [7, 11) is 0. The summed E-state index contributed by atoms with van der Waals surface area (Å²) in [6, 6.07) is 9.37. The molecule has 0 atom stereocenters. The molecule has 1 aromatic carbocycles. The van der Waals surface area contributed by atoms with Gasteiger partial charge >= 0.3 is 11.9 Å². The van der Waals surface area contributed by atoms with Gasteiger partial charge < -0.3 is 18.9 Å². The highest BCUT2D eigenvalue weighted by atomic mass is 16.6. The summed E-state index contributed by atoms with van der Waals surface area (Å²) in [6.45, 7) is 4.25.